The van der Waals surface area contributed by atoms with Crippen LogP contribution >= 0.6 is 67.8 Å². The van der Waals surface area contributed by atoms with E-state index in [0.29, 0.717) is 6.61 Å². The van der Waals surface area contributed by atoms with Crippen LogP contribution in [0.3, 0.4) is 0 Å². The SMILES string of the molecule is O=C(O)c1ccc(COc2c(I)cc(I)cc2I)cc1. The zero-order valence-electron chi connectivity index (χ0n) is 10.1. The molecule has 0 aromatic heterocycles. The number of rotatable bonds is 4. The number of carboxylic acid groups (broad SMARTS) is 1. The molecule has 20 heavy (non-hydrogen) atoms. The van der Waals surface area contributed by atoms with E-state index in [9.17, 15) is 4.79 Å². The smallest absolute Gasteiger partial charge is 0.335 e. The number of benzene rings is 2. The predicted molar refractivity (Wildman–Crippen MR) is 102 cm³/mol. The molecule has 0 spiro atoms. The maximum absolute atomic E-state index is 10.8. The third-order valence-electron chi connectivity index (χ3n) is 2.55. The van der Waals surface area contributed by atoms with Gasteiger partial charge in [0.15, 0.2) is 0 Å². The second-order valence-corrected chi connectivity index (χ2v) is 7.56. The van der Waals surface area contributed by atoms with E-state index in [1.54, 1.807) is 24.3 Å². The van der Waals surface area contributed by atoms with Gasteiger partial charge >= 0.3 is 5.97 Å². The highest BCUT2D eigenvalue weighted by molar-refractivity contribution is 14.1. The lowest BCUT2D eigenvalue weighted by Crippen LogP contribution is -2.01. The van der Waals surface area contributed by atoms with Crippen LogP contribution in [-0.4, -0.2) is 11.1 Å². The molecule has 0 amide bonds. The molecule has 2 aromatic rings. The number of hydrogen-bond donors (Lipinski definition) is 1. The van der Waals surface area contributed by atoms with E-state index in [0.717, 1.165) is 18.5 Å². The summed E-state index contributed by atoms with van der Waals surface area (Å²) in [6.07, 6.45) is 0. The molecule has 0 aliphatic carbocycles. The Morgan fingerprint density at radius 2 is 1.60 bits per heavy atom. The first-order chi connectivity index (χ1) is 9.47. The van der Waals surface area contributed by atoms with Crippen LogP contribution in [0.25, 0.3) is 0 Å². The van der Waals surface area contributed by atoms with Crippen LogP contribution in [0.4, 0.5) is 0 Å². The highest BCUT2D eigenvalue weighted by Crippen LogP contribution is 2.30. The molecule has 2 aromatic carbocycles. The van der Waals surface area contributed by atoms with E-state index >= 15 is 0 Å². The monoisotopic (exact) mass is 606 g/mol. The summed E-state index contributed by atoms with van der Waals surface area (Å²) in [6.45, 7) is 0.423. The van der Waals surface area contributed by atoms with E-state index in [4.69, 9.17) is 9.84 Å². The Labute approximate surface area is 157 Å². The third kappa shape index (κ3) is 4.20. The van der Waals surface area contributed by atoms with Gasteiger partial charge in [0.1, 0.15) is 12.4 Å². The molecule has 6 heteroatoms. The molecule has 0 atom stereocenters. The molecule has 0 heterocycles. The van der Waals surface area contributed by atoms with Crippen molar-refractivity contribution >= 4 is 73.7 Å². The van der Waals surface area contributed by atoms with E-state index < -0.39 is 5.97 Å². The lowest BCUT2D eigenvalue weighted by Gasteiger charge is -2.11. The Kier molecular flexibility index (Phi) is 5.90. The van der Waals surface area contributed by atoms with Gasteiger partial charge in [0.25, 0.3) is 0 Å². The van der Waals surface area contributed by atoms with Crippen LogP contribution in [0.1, 0.15) is 15.9 Å². The fourth-order valence-corrected chi connectivity index (χ4v) is 5.46. The minimum atomic E-state index is -0.917. The molecular formula is C14H9I3O3. The van der Waals surface area contributed by atoms with Gasteiger partial charge in [-0.2, -0.15) is 0 Å². The Hall–Kier alpha value is -0.1000. The molecule has 0 aliphatic rings. The Morgan fingerprint density at radius 1 is 1.05 bits per heavy atom. The average Bonchev–Trinajstić information content (AvgIpc) is 2.38. The Morgan fingerprint density at radius 3 is 2.10 bits per heavy atom. The van der Waals surface area contributed by atoms with Gasteiger partial charge in [0.2, 0.25) is 0 Å². The van der Waals surface area contributed by atoms with Crippen LogP contribution in [0.5, 0.6) is 5.75 Å². The van der Waals surface area contributed by atoms with Crippen molar-refractivity contribution in [2.75, 3.05) is 0 Å². The largest absolute Gasteiger partial charge is 0.487 e. The zero-order valence-corrected chi connectivity index (χ0v) is 16.5. The van der Waals surface area contributed by atoms with Gasteiger partial charge in [0.05, 0.1) is 12.7 Å². The summed E-state index contributed by atoms with van der Waals surface area (Å²) in [5.74, 6) is -0.0480. The third-order valence-corrected chi connectivity index (χ3v) is 4.77. The normalized spacial score (nSPS) is 10.3. The average molecular weight is 606 g/mol. The van der Waals surface area contributed by atoms with Gasteiger partial charge in [0, 0.05) is 3.57 Å². The molecule has 0 bridgehead atoms. The summed E-state index contributed by atoms with van der Waals surface area (Å²) in [6, 6.07) is 10.8. The van der Waals surface area contributed by atoms with Gasteiger partial charge in [-0.15, -0.1) is 0 Å². The van der Waals surface area contributed by atoms with E-state index in [1.807, 2.05) is 0 Å². The van der Waals surface area contributed by atoms with E-state index in [-0.39, 0.29) is 5.56 Å². The summed E-state index contributed by atoms with van der Waals surface area (Å²) in [7, 11) is 0. The van der Waals surface area contributed by atoms with E-state index in [2.05, 4.69) is 79.9 Å². The Balaban J connectivity index is 2.11. The van der Waals surface area contributed by atoms with Crippen LogP contribution in [-0.2, 0) is 6.61 Å². The van der Waals surface area contributed by atoms with Gasteiger partial charge in [-0.25, -0.2) is 4.79 Å². The van der Waals surface area contributed by atoms with Crippen molar-refractivity contribution in [3.63, 3.8) is 0 Å². The first-order valence-electron chi connectivity index (χ1n) is 5.57. The zero-order chi connectivity index (χ0) is 14.7. The predicted octanol–water partition coefficient (Wildman–Crippen LogP) is 4.78. The van der Waals surface area contributed by atoms with Crippen LogP contribution in [0.15, 0.2) is 36.4 Å². The van der Waals surface area contributed by atoms with Gasteiger partial charge in [-0.05, 0) is 97.6 Å². The minimum absolute atomic E-state index is 0.284. The molecule has 1 N–H and O–H groups in total. The van der Waals surface area contributed by atoms with Crippen molar-refractivity contribution in [1.82, 2.24) is 0 Å². The molecule has 3 nitrogen and oxygen atoms in total. The summed E-state index contributed by atoms with van der Waals surface area (Å²) in [4.78, 5) is 10.8. The molecule has 0 aliphatic heterocycles. The maximum Gasteiger partial charge on any atom is 0.335 e. The van der Waals surface area contributed by atoms with Crippen LogP contribution < -0.4 is 4.74 Å². The lowest BCUT2D eigenvalue weighted by atomic mass is 10.1. The van der Waals surface area contributed by atoms with Gasteiger partial charge in [-0.1, -0.05) is 12.1 Å². The van der Waals surface area contributed by atoms with Crippen LogP contribution in [0, 0.1) is 10.7 Å². The number of carbonyl (C=O) groups is 1. The van der Waals surface area contributed by atoms with Crippen molar-refractivity contribution in [3.8, 4) is 5.75 Å². The highest BCUT2D eigenvalue weighted by atomic mass is 127. The first kappa shape index (κ1) is 16.3. The van der Waals surface area contributed by atoms with Crippen molar-refractivity contribution in [3.05, 3.63) is 58.2 Å². The minimum Gasteiger partial charge on any atom is -0.487 e. The highest BCUT2D eigenvalue weighted by Gasteiger charge is 2.09. The standard InChI is InChI=1S/C14H9I3O3/c15-10-5-11(16)13(12(17)6-10)20-7-8-1-3-9(4-2-8)14(18)19/h1-6H,7H2,(H,18,19). The number of hydrogen-bond acceptors (Lipinski definition) is 2. The topological polar surface area (TPSA) is 46.5 Å². The molecule has 0 radical (unpaired) electrons. The second-order valence-electron chi connectivity index (χ2n) is 3.99. The number of ether oxygens (including phenoxy) is 1. The second kappa shape index (κ2) is 7.25. The van der Waals surface area contributed by atoms with Crippen molar-refractivity contribution in [2.24, 2.45) is 0 Å². The molecular weight excluding hydrogens is 597 g/mol. The first-order valence-corrected chi connectivity index (χ1v) is 8.80. The summed E-state index contributed by atoms with van der Waals surface area (Å²) < 4.78 is 9.16. The fraction of sp³-hybridized carbons (Fsp3) is 0.0714. The van der Waals surface area contributed by atoms with Crippen molar-refractivity contribution in [1.29, 1.82) is 0 Å². The van der Waals surface area contributed by atoms with Crippen LogP contribution in [0.2, 0.25) is 0 Å². The van der Waals surface area contributed by atoms with E-state index in [1.165, 1.54) is 3.57 Å². The number of aromatic carboxylic acids is 1. The fourth-order valence-electron chi connectivity index (χ4n) is 1.57. The lowest BCUT2D eigenvalue weighted by molar-refractivity contribution is 0.0697. The number of carboxylic acids is 1. The number of halogens is 3. The molecule has 0 unspecified atom stereocenters. The van der Waals surface area contributed by atoms with Gasteiger partial charge < -0.3 is 9.84 Å². The van der Waals surface area contributed by atoms with Gasteiger partial charge in [-0.3, -0.25) is 0 Å². The molecule has 0 saturated heterocycles. The summed E-state index contributed by atoms with van der Waals surface area (Å²) in [5.41, 5.74) is 1.23. The molecule has 104 valence electrons. The van der Waals surface area contributed by atoms with Crippen molar-refractivity contribution in [2.45, 2.75) is 6.61 Å². The molecule has 2 rings (SSSR count). The maximum atomic E-state index is 10.8. The summed E-state index contributed by atoms with van der Waals surface area (Å²) in [5, 5.41) is 8.85. The quantitative estimate of drug-likeness (QED) is 0.511. The van der Waals surface area contributed by atoms with Crippen molar-refractivity contribution < 1.29 is 14.6 Å². The molecule has 0 fully saturated rings. The molecule has 0 saturated carbocycles. The summed E-state index contributed by atoms with van der Waals surface area (Å²) >= 11 is 6.79. The Bertz CT molecular complexity index is 616.